The monoisotopic (exact) mass is 311 g/mol. The second-order valence-corrected chi connectivity index (χ2v) is 6.93. The number of halogens is 1. The Bertz CT molecular complexity index is 484. The third-order valence-corrected chi connectivity index (χ3v) is 4.15. The van der Waals surface area contributed by atoms with Crippen molar-refractivity contribution in [2.24, 2.45) is 4.99 Å². The van der Waals surface area contributed by atoms with Crippen LogP contribution in [0.1, 0.15) is 46.5 Å². The Morgan fingerprint density at radius 3 is 2.23 bits per heavy atom. The lowest BCUT2D eigenvalue weighted by atomic mass is 9.90. The van der Waals surface area contributed by atoms with E-state index in [9.17, 15) is 9.18 Å². The molecule has 1 amide bonds. The third-order valence-electron chi connectivity index (χ3n) is 4.15. The standard InChI is InChI=1S/C16H26FN3O2/c1-11(17)14(18-5)19-10-20(15(21)22-16(2,3)4)13-9-7-6-8-12(13)19/h12-13H,1,6-10H2,2-5H3/t12-,13+/m1/s1. The molecule has 124 valence electrons. The molecule has 2 aliphatic rings. The number of hydrogen-bond donors (Lipinski definition) is 0. The number of carbonyl (C=O) groups excluding carboxylic acids is 1. The molecule has 1 saturated carbocycles. The first-order chi connectivity index (χ1) is 10.2. The Balaban J connectivity index is 2.22. The lowest BCUT2D eigenvalue weighted by Gasteiger charge is -2.33. The van der Waals surface area contributed by atoms with Gasteiger partial charge in [-0.25, -0.2) is 9.18 Å². The highest BCUT2D eigenvalue weighted by Gasteiger charge is 2.46. The number of fused-ring (bicyclic) bond motifs is 1. The molecule has 0 aromatic rings. The van der Waals surface area contributed by atoms with Gasteiger partial charge in [0, 0.05) is 7.05 Å². The summed E-state index contributed by atoms with van der Waals surface area (Å²) in [6, 6.07) is 0.146. The molecule has 2 rings (SSSR count). The SMILES string of the molecule is C=C(F)C(=NC)N1CN(C(=O)OC(C)(C)C)[C@H]2CCCC[C@H]21. The second-order valence-electron chi connectivity index (χ2n) is 6.93. The van der Waals surface area contributed by atoms with Gasteiger partial charge in [-0.05, 0) is 33.6 Å². The fourth-order valence-electron chi connectivity index (χ4n) is 3.34. The van der Waals surface area contributed by atoms with Gasteiger partial charge < -0.3 is 9.64 Å². The van der Waals surface area contributed by atoms with E-state index in [1.807, 2.05) is 25.7 Å². The summed E-state index contributed by atoms with van der Waals surface area (Å²) in [5.74, 6) is -0.319. The van der Waals surface area contributed by atoms with Crippen LogP contribution in [0.4, 0.5) is 9.18 Å². The normalized spacial score (nSPS) is 26.0. The molecule has 5 nitrogen and oxygen atoms in total. The minimum absolute atomic E-state index is 0.0553. The molecule has 1 aliphatic heterocycles. The van der Waals surface area contributed by atoms with Crippen molar-refractivity contribution in [2.75, 3.05) is 13.7 Å². The molecular formula is C16H26FN3O2. The van der Waals surface area contributed by atoms with Gasteiger partial charge in [0.05, 0.1) is 18.8 Å². The van der Waals surface area contributed by atoms with Crippen molar-refractivity contribution in [1.29, 1.82) is 0 Å². The van der Waals surface area contributed by atoms with E-state index in [0.717, 1.165) is 25.7 Å². The van der Waals surface area contributed by atoms with Crippen LogP contribution in [0.15, 0.2) is 17.4 Å². The van der Waals surface area contributed by atoms with Crippen LogP contribution in [0.25, 0.3) is 0 Å². The van der Waals surface area contributed by atoms with Gasteiger partial charge in [0.15, 0.2) is 11.7 Å². The van der Waals surface area contributed by atoms with Crippen molar-refractivity contribution in [3.8, 4) is 0 Å². The van der Waals surface area contributed by atoms with Crippen molar-refractivity contribution < 1.29 is 13.9 Å². The molecule has 6 heteroatoms. The highest BCUT2D eigenvalue weighted by atomic mass is 19.1. The average molecular weight is 311 g/mol. The molecular weight excluding hydrogens is 285 g/mol. The molecule has 1 heterocycles. The lowest BCUT2D eigenvalue weighted by molar-refractivity contribution is 0.0195. The first-order valence-corrected chi connectivity index (χ1v) is 7.82. The molecule has 2 fully saturated rings. The summed E-state index contributed by atoms with van der Waals surface area (Å²) < 4.78 is 19.2. The van der Waals surface area contributed by atoms with Gasteiger partial charge in [-0.1, -0.05) is 19.4 Å². The van der Waals surface area contributed by atoms with E-state index in [1.54, 1.807) is 11.9 Å². The van der Waals surface area contributed by atoms with Gasteiger partial charge in [-0.3, -0.25) is 9.89 Å². The van der Waals surface area contributed by atoms with Crippen LogP contribution in [0, 0.1) is 0 Å². The molecule has 0 spiro atoms. The predicted molar refractivity (Wildman–Crippen MR) is 84.4 cm³/mol. The summed E-state index contributed by atoms with van der Waals surface area (Å²) in [5.41, 5.74) is -0.542. The molecule has 2 atom stereocenters. The zero-order valence-electron chi connectivity index (χ0n) is 13.9. The van der Waals surface area contributed by atoms with E-state index in [4.69, 9.17) is 4.74 Å². The number of carbonyl (C=O) groups is 1. The van der Waals surface area contributed by atoms with Crippen molar-refractivity contribution >= 4 is 11.9 Å². The first kappa shape index (κ1) is 16.8. The summed E-state index contributed by atoms with van der Waals surface area (Å²) >= 11 is 0. The smallest absolute Gasteiger partial charge is 0.412 e. The van der Waals surface area contributed by atoms with Crippen LogP contribution in [0.5, 0.6) is 0 Å². The van der Waals surface area contributed by atoms with Crippen LogP contribution in [0.3, 0.4) is 0 Å². The van der Waals surface area contributed by atoms with Gasteiger partial charge in [0.25, 0.3) is 0 Å². The fourth-order valence-corrected chi connectivity index (χ4v) is 3.34. The maximum atomic E-state index is 13.7. The van der Waals surface area contributed by atoms with Crippen LogP contribution < -0.4 is 0 Å². The topological polar surface area (TPSA) is 45.1 Å². The summed E-state index contributed by atoms with van der Waals surface area (Å²) in [6.45, 7) is 9.21. The molecule has 0 radical (unpaired) electrons. The van der Waals surface area contributed by atoms with Crippen LogP contribution >= 0.6 is 0 Å². The zero-order chi connectivity index (χ0) is 16.5. The Hall–Kier alpha value is -1.59. The summed E-state index contributed by atoms with van der Waals surface area (Å²) in [7, 11) is 1.55. The van der Waals surface area contributed by atoms with Gasteiger partial charge in [-0.2, -0.15) is 0 Å². The molecule has 0 unspecified atom stereocenters. The molecule has 0 N–H and O–H groups in total. The Morgan fingerprint density at radius 2 is 1.77 bits per heavy atom. The number of rotatable bonds is 1. The predicted octanol–water partition coefficient (Wildman–Crippen LogP) is 3.32. The summed E-state index contributed by atoms with van der Waals surface area (Å²) in [4.78, 5) is 20.1. The van der Waals surface area contributed by atoms with Gasteiger partial charge >= 0.3 is 6.09 Å². The maximum Gasteiger partial charge on any atom is 0.412 e. The first-order valence-electron chi connectivity index (χ1n) is 7.82. The van der Waals surface area contributed by atoms with Crippen LogP contribution in [-0.4, -0.2) is 53.1 Å². The number of amides is 1. The van der Waals surface area contributed by atoms with E-state index in [0.29, 0.717) is 6.67 Å². The minimum atomic E-state index is -0.558. The summed E-state index contributed by atoms with van der Waals surface area (Å²) in [6.07, 6.45) is 3.65. The summed E-state index contributed by atoms with van der Waals surface area (Å²) in [5, 5.41) is 0. The quantitative estimate of drug-likeness (QED) is 0.551. The van der Waals surface area contributed by atoms with E-state index in [2.05, 4.69) is 11.6 Å². The molecule has 0 aromatic heterocycles. The van der Waals surface area contributed by atoms with Crippen LogP contribution in [-0.2, 0) is 4.74 Å². The van der Waals surface area contributed by atoms with Crippen molar-refractivity contribution in [1.82, 2.24) is 9.80 Å². The minimum Gasteiger partial charge on any atom is -0.444 e. The largest absolute Gasteiger partial charge is 0.444 e. The van der Waals surface area contributed by atoms with Crippen molar-refractivity contribution in [3.05, 3.63) is 12.4 Å². The third kappa shape index (κ3) is 3.42. The molecule has 1 aliphatic carbocycles. The number of aliphatic imine (C=N–C) groups is 1. The van der Waals surface area contributed by atoms with E-state index in [1.165, 1.54) is 0 Å². The van der Waals surface area contributed by atoms with Crippen molar-refractivity contribution in [3.63, 3.8) is 0 Å². The highest BCUT2D eigenvalue weighted by Crippen LogP contribution is 2.34. The lowest BCUT2D eigenvalue weighted by Crippen LogP contribution is -2.44. The highest BCUT2D eigenvalue weighted by molar-refractivity contribution is 5.96. The number of nitrogens with zero attached hydrogens (tertiary/aromatic N) is 3. The average Bonchev–Trinajstić information content (AvgIpc) is 2.77. The van der Waals surface area contributed by atoms with Gasteiger partial charge in [0.1, 0.15) is 5.60 Å². The Morgan fingerprint density at radius 1 is 1.23 bits per heavy atom. The Labute approximate surface area is 131 Å². The molecule has 22 heavy (non-hydrogen) atoms. The second kappa shape index (κ2) is 6.26. The molecule has 1 saturated heterocycles. The van der Waals surface area contributed by atoms with E-state index in [-0.39, 0.29) is 24.0 Å². The maximum absolute atomic E-state index is 13.7. The van der Waals surface area contributed by atoms with E-state index >= 15 is 0 Å². The van der Waals surface area contributed by atoms with Crippen molar-refractivity contribution in [2.45, 2.75) is 64.1 Å². The van der Waals surface area contributed by atoms with Gasteiger partial charge in [-0.15, -0.1) is 0 Å². The Kier molecular flexibility index (Phi) is 4.78. The fraction of sp³-hybridized carbons (Fsp3) is 0.750. The van der Waals surface area contributed by atoms with Crippen LogP contribution in [0.2, 0.25) is 0 Å². The van der Waals surface area contributed by atoms with Gasteiger partial charge in [0.2, 0.25) is 0 Å². The molecule has 0 bridgehead atoms. The number of ether oxygens (including phenoxy) is 1. The molecule has 0 aromatic carbocycles. The zero-order valence-corrected chi connectivity index (χ0v) is 13.9. The van der Waals surface area contributed by atoms with E-state index < -0.39 is 11.4 Å². The number of amidine groups is 1. The number of hydrogen-bond acceptors (Lipinski definition) is 3.